The molecular weight excluding hydrogens is 1240 g/mol. The molecule has 0 unspecified atom stereocenters. The van der Waals surface area contributed by atoms with Crippen molar-refractivity contribution in [3.8, 4) is 0 Å². The van der Waals surface area contributed by atoms with Crippen LogP contribution >= 0.6 is 0 Å². The molecule has 0 aromatic carbocycles. The zero-order valence-electron chi connectivity index (χ0n) is 54.2. The van der Waals surface area contributed by atoms with E-state index in [1.54, 1.807) is 27.7 Å². The average molecular weight is 1340 g/mol. The van der Waals surface area contributed by atoms with Crippen LogP contribution in [-0.2, 0) is 81.5 Å². The topological polar surface area (TPSA) is 588 Å². The fourth-order valence-electron chi connectivity index (χ4n) is 9.77. The first-order chi connectivity index (χ1) is 43.8. The predicted molar refractivity (Wildman–Crippen MR) is 327 cm³/mol. The van der Waals surface area contributed by atoms with E-state index in [1.807, 2.05) is 13.8 Å². The monoisotopic (exact) mass is 1340 g/mol. The second-order valence-electron chi connectivity index (χ2n) is 24.1. The summed E-state index contributed by atoms with van der Waals surface area (Å²) in [7, 11) is 0. The summed E-state index contributed by atoms with van der Waals surface area (Å²) in [6.45, 7) is 11.2. The van der Waals surface area contributed by atoms with Crippen molar-refractivity contribution < 1.29 is 102 Å². The lowest BCUT2D eigenvalue weighted by molar-refractivity contribution is -0.143. The second kappa shape index (κ2) is 38.8. The number of hydrogen-bond acceptors (Lipinski definition) is 20. The molecule has 528 valence electrons. The molecule has 2 aliphatic heterocycles. The van der Waals surface area contributed by atoms with Crippen LogP contribution in [0, 0.1) is 17.8 Å². The third-order valence-electron chi connectivity index (χ3n) is 15.2. The lowest BCUT2D eigenvalue weighted by atomic mass is 10.0. The Kier molecular flexibility index (Phi) is 33.4. The summed E-state index contributed by atoms with van der Waals surface area (Å²) < 4.78 is 0. The number of nitrogens with zero attached hydrogens (tertiary/aromatic N) is 2. The minimum atomic E-state index is -2.11. The summed E-state index contributed by atoms with van der Waals surface area (Å²) in [5, 5.41) is 64.9. The molecule has 2 rings (SSSR count). The SMILES string of the molecule is CC(C)C[C@H](NC(=O)[C@@H]1CCCN1C(=O)[C@H](C)NC(=O)[C@H](C)NC(=O)[C@H](CCC(=O)O)NC(=O)[C@H](CC(=O)O)NC(=O)[C@H](CCC(N)=O)NC(=O)[C@H](C)NC(=O)[C@H](CO)NC(=O)[C@@H]1CCCN1C(=O)[C@H](CO)NC(=O)CNC(=O)[C@@H](NC(=O)[C@@H](N)C(C)C)C(C)C)C(N)=O. The number of nitrogens with two attached hydrogens (primary N) is 3. The van der Waals surface area contributed by atoms with E-state index in [0.29, 0.717) is 6.42 Å². The maximum atomic E-state index is 13.8. The summed E-state index contributed by atoms with van der Waals surface area (Å²) in [6, 6.07) is -19.0. The van der Waals surface area contributed by atoms with E-state index in [0.717, 1.165) is 11.8 Å². The van der Waals surface area contributed by atoms with Gasteiger partial charge in [0.1, 0.15) is 72.5 Å². The number of primary amides is 2. The zero-order valence-corrected chi connectivity index (χ0v) is 54.2. The maximum Gasteiger partial charge on any atom is 0.305 e. The van der Waals surface area contributed by atoms with Crippen LogP contribution in [0.4, 0.5) is 0 Å². The van der Waals surface area contributed by atoms with Gasteiger partial charge in [-0.15, -0.1) is 0 Å². The highest BCUT2D eigenvalue weighted by Gasteiger charge is 2.42. The molecule has 15 amide bonds. The molecular formula is C57H94N16O21. The van der Waals surface area contributed by atoms with Gasteiger partial charge in [0.15, 0.2) is 0 Å². The van der Waals surface area contributed by atoms with Crippen molar-refractivity contribution in [3.63, 3.8) is 0 Å². The van der Waals surface area contributed by atoms with Gasteiger partial charge in [0.05, 0.1) is 32.2 Å². The number of carboxylic acid groups (broad SMARTS) is 2. The summed E-state index contributed by atoms with van der Waals surface area (Å²) in [4.78, 5) is 224. The Bertz CT molecular complexity index is 2790. The molecule has 0 saturated carbocycles. The van der Waals surface area contributed by atoms with E-state index in [1.165, 1.54) is 18.7 Å². The van der Waals surface area contributed by atoms with Gasteiger partial charge >= 0.3 is 11.9 Å². The van der Waals surface area contributed by atoms with Gasteiger partial charge in [0.25, 0.3) is 0 Å². The Morgan fingerprint density at radius 3 is 1.37 bits per heavy atom. The molecule has 2 fully saturated rings. The molecule has 37 nitrogen and oxygen atoms in total. The lowest BCUT2D eigenvalue weighted by Gasteiger charge is -2.29. The highest BCUT2D eigenvalue weighted by atomic mass is 16.4. The van der Waals surface area contributed by atoms with Crippen LogP contribution in [0.3, 0.4) is 0 Å². The Labute approximate surface area is 542 Å². The van der Waals surface area contributed by atoms with Crippen molar-refractivity contribution in [1.29, 1.82) is 0 Å². The lowest BCUT2D eigenvalue weighted by Crippen LogP contribution is -2.60. The number of hydrogen-bond donors (Lipinski definition) is 18. The van der Waals surface area contributed by atoms with Gasteiger partial charge < -0.3 is 106 Å². The van der Waals surface area contributed by atoms with Crippen LogP contribution < -0.4 is 75.7 Å². The number of likely N-dealkylation sites (tertiary alicyclic amines) is 2. The molecule has 0 bridgehead atoms. The summed E-state index contributed by atoms with van der Waals surface area (Å²) in [5.74, 6) is -18.4. The van der Waals surface area contributed by atoms with Gasteiger partial charge in [-0.25, -0.2) is 0 Å². The van der Waals surface area contributed by atoms with Crippen LogP contribution in [0.25, 0.3) is 0 Å². The normalized spacial score (nSPS) is 17.9. The van der Waals surface area contributed by atoms with Gasteiger partial charge in [-0.05, 0) is 83.5 Å². The second-order valence-corrected chi connectivity index (χ2v) is 24.1. The van der Waals surface area contributed by atoms with Gasteiger partial charge in [0.2, 0.25) is 88.6 Å². The molecule has 2 saturated heterocycles. The predicted octanol–water partition coefficient (Wildman–Crippen LogP) is -8.25. The van der Waals surface area contributed by atoms with E-state index in [4.69, 9.17) is 17.2 Å². The molecule has 0 spiro atoms. The molecule has 2 heterocycles. The first kappa shape index (κ1) is 81.0. The molecule has 0 radical (unpaired) electrons. The van der Waals surface area contributed by atoms with E-state index in [9.17, 15) is 102 Å². The number of rotatable bonds is 39. The highest BCUT2D eigenvalue weighted by Crippen LogP contribution is 2.21. The van der Waals surface area contributed by atoms with Crippen molar-refractivity contribution in [2.24, 2.45) is 35.0 Å². The maximum absolute atomic E-state index is 13.8. The summed E-state index contributed by atoms with van der Waals surface area (Å²) in [5.41, 5.74) is 16.7. The van der Waals surface area contributed by atoms with Crippen LogP contribution in [0.2, 0.25) is 0 Å². The standard InChI is InChI=1S/C57H94N16O21/c1-25(2)20-33(45(60)82)68-52(89)37-12-10-18-72(37)56(93)30(9)64-46(83)28(7)62-48(85)32(15-17-41(78)79)67-50(87)34(21-42(80)81)69-49(86)31(14-16-39(58)76)66-47(84)29(8)63-51(88)35(23-74)70-53(90)38-13-11-19-73(38)57(94)36(24-75)65-40(77)22-61-55(92)44(27(5)6)71-54(91)43(59)26(3)4/h25-38,43-44,74-75H,10-24,59H2,1-9H3,(H2,58,76)(H2,60,82)(H,61,92)(H,62,85)(H,63,88)(H,64,83)(H,65,77)(H,66,84)(H,67,87)(H,68,89)(H,69,86)(H,70,90)(H,71,91)(H,78,79)(H,80,81)/t28-,29-,30-,31-,32-,33-,34-,35-,36-,37-,38-,43-,44-/m0/s1. The number of aliphatic carboxylic acids is 2. The first-order valence-electron chi connectivity index (χ1n) is 30.8. The van der Waals surface area contributed by atoms with Crippen molar-refractivity contribution in [2.45, 2.75) is 205 Å². The Balaban J connectivity index is 2.17. The zero-order chi connectivity index (χ0) is 71.6. The molecule has 0 aromatic heterocycles. The third-order valence-corrected chi connectivity index (χ3v) is 15.2. The van der Waals surface area contributed by atoms with Crippen LogP contribution in [0.5, 0.6) is 0 Å². The molecule has 0 aliphatic carbocycles. The van der Waals surface area contributed by atoms with Gasteiger partial charge in [-0.2, -0.15) is 0 Å². The van der Waals surface area contributed by atoms with Crippen LogP contribution in [0.1, 0.15) is 127 Å². The molecule has 0 aromatic rings. The number of nitrogens with one attached hydrogen (secondary N) is 11. The van der Waals surface area contributed by atoms with E-state index in [2.05, 4.69) is 58.5 Å². The Hall–Kier alpha value is -9.13. The number of aliphatic hydroxyl groups excluding tert-OH is 2. The number of carbonyl (C=O) groups excluding carboxylic acids is 15. The van der Waals surface area contributed by atoms with E-state index >= 15 is 0 Å². The summed E-state index contributed by atoms with van der Waals surface area (Å²) in [6.07, 6.45) is -2.78. The first-order valence-corrected chi connectivity index (χ1v) is 30.8. The fraction of sp³-hybridized carbons (Fsp3) is 0.702. The molecule has 37 heteroatoms. The quantitative estimate of drug-likeness (QED) is 0.0272. The summed E-state index contributed by atoms with van der Waals surface area (Å²) >= 11 is 0. The number of aliphatic hydroxyl groups is 2. The van der Waals surface area contributed by atoms with Crippen molar-refractivity contribution in [1.82, 2.24) is 68.3 Å². The van der Waals surface area contributed by atoms with Crippen molar-refractivity contribution >= 4 is 101 Å². The Morgan fingerprint density at radius 1 is 0.457 bits per heavy atom. The number of carboxylic acids is 2. The number of carbonyl (C=O) groups is 17. The third kappa shape index (κ3) is 26.1. The minimum absolute atomic E-state index is 0.00472. The van der Waals surface area contributed by atoms with Crippen LogP contribution in [-0.4, -0.2) is 242 Å². The van der Waals surface area contributed by atoms with Crippen LogP contribution in [0.15, 0.2) is 0 Å². The largest absolute Gasteiger partial charge is 0.481 e. The van der Waals surface area contributed by atoms with E-state index < -0.39 is 237 Å². The minimum Gasteiger partial charge on any atom is -0.481 e. The molecule has 2 aliphatic rings. The van der Waals surface area contributed by atoms with Crippen molar-refractivity contribution in [2.75, 3.05) is 32.8 Å². The van der Waals surface area contributed by atoms with Gasteiger partial charge in [-0.3, -0.25) is 81.5 Å². The van der Waals surface area contributed by atoms with Gasteiger partial charge in [-0.1, -0.05) is 41.5 Å². The fourth-order valence-corrected chi connectivity index (χ4v) is 9.77. The average Bonchev–Trinajstić information content (AvgIpc) is 1.64. The molecule has 13 atom stereocenters. The Morgan fingerprint density at radius 2 is 0.904 bits per heavy atom. The molecule has 21 N–H and O–H groups in total. The highest BCUT2D eigenvalue weighted by molar-refractivity contribution is 6.00. The van der Waals surface area contributed by atoms with Crippen molar-refractivity contribution in [3.05, 3.63) is 0 Å². The van der Waals surface area contributed by atoms with Gasteiger partial charge in [0, 0.05) is 25.9 Å². The molecule has 94 heavy (non-hydrogen) atoms. The van der Waals surface area contributed by atoms with E-state index in [-0.39, 0.29) is 50.6 Å². The smallest absolute Gasteiger partial charge is 0.305 e. The number of amides is 15.